The number of primary amides is 1. The van der Waals surface area contributed by atoms with Crippen molar-refractivity contribution in [2.24, 2.45) is 40.7 Å². The molecule has 4 fully saturated rings. The lowest BCUT2D eigenvalue weighted by molar-refractivity contribution is -0.384. The van der Waals surface area contributed by atoms with Crippen molar-refractivity contribution in [3.8, 4) is 0 Å². The molecular weight excluding hydrogens is 851 g/mol. The van der Waals surface area contributed by atoms with Crippen LogP contribution in [-0.2, 0) is 33.5 Å². The van der Waals surface area contributed by atoms with Crippen molar-refractivity contribution in [3.63, 3.8) is 0 Å². The summed E-state index contributed by atoms with van der Waals surface area (Å²) >= 11 is 0. The zero-order valence-electron chi connectivity index (χ0n) is 38.9. The number of nitro groups is 1. The topological polar surface area (TPSA) is 262 Å². The first kappa shape index (κ1) is 51.5. The zero-order valence-corrected chi connectivity index (χ0v) is 38.9. The van der Waals surface area contributed by atoms with Crippen LogP contribution in [0.15, 0.2) is 30.4 Å². The van der Waals surface area contributed by atoms with Crippen LogP contribution < -0.4 is 16.4 Å². The normalized spacial score (nSPS) is 22.3. The fourth-order valence-corrected chi connectivity index (χ4v) is 10.9. The van der Waals surface area contributed by atoms with Crippen molar-refractivity contribution in [2.45, 2.75) is 167 Å². The number of carbonyl (C=O) groups is 8. The Kier molecular flexibility index (Phi) is 18.2. The van der Waals surface area contributed by atoms with Crippen molar-refractivity contribution in [3.05, 3.63) is 51.6 Å². The molecule has 5 N–H and O–H groups in total. The van der Waals surface area contributed by atoms with E-state index in [0.717, 1.165) is 108 Å². The molecule has 17 nitrogen and oxygen atoms in total. The Hall–Kier alpha value is -5.48. The highest BCUT2D eigenvalue weighted by Crippen LogP contribution is 2.43. The summed E-state index contributed by atoms with van der Waals surface area (Å²) < 4.78 is 4.66. The number of allylic oxidation sites excluding steroid dienone is 1. The lowest BCUT2D eigenvalue weighted by Gasteiger charge is -2.40. The molecule has 1 heterocycles. The molecule has 3 aliphatic carbocycles. The number of nitrogens with two attached hydrogens (primary N) is 1. The van der Waals surface area contributed by atoms with Gasteiger partial charge < -0.3 is 31.1 Å². The summed E-state index contributed by atoms with van der Waals surface area (Å²) in [6.45, 7) is 5.34. The number of Topliss-reactive ketones (excluding diaryl/α,β-unsaturated/α-hetero) is 2. The molecule has 1 saturated heterocycles. The van der Waals surface area contributed by atoms with Gasteiger partial charge in [-0.3, -0.25) is 38.9 Å². The molecule has 1 aromatic rings. The van der Waals surface area contributed by atoms with Crippen LogP contribution in [0.1, 0.15) is 163 Å². The molecule has 0 aromatic heterocycles. The van der Waals surface area contributed by atoms with Crippen LogP contribution in [0.2, 0.25) is 0 Å². The van der Waals surface area contributed by atoms with E-state index in [1.54, 1.807) is 25.7 Å². The number of hydrogen-bond acceptors (Lipinski definition) is 11. The number of fused-ring (bicyclic) bond motifs is 1. The summed E-state index contributed by atoms with van der Waals surface area (Å²) in [6, 6.07) is -0.350. The summed E-state index contributed by atoms with van der Waals surface area (Å²) in [4.78, 5) is 122. The molecule has 0 spiro atoms. The van der Waals surface area contributed by atoms with Crippen molar-refractivity contribution >= 4 is 52.8 Å². The molecule has 3 saturated carbocycles. The number of likely N-dealkylation sites (tertiary alicyclic amines) is 1. The van der Waals surface area contributed by atoms with E-state index in [9.17, 15) is 48.8 Å². The Morgan fingerprint density at radius 1 is 0.864 bits per heavy atom. The number of aromatic carboxylic acids is 1. The highest BCUT2D eigenvalue weighted by Gasteiger charge is 2.51. The molecule has 5 rings (SSSR count). The van der Waals surface area contributed by atoms with Crippen molar-refractivity contribution in [1.82, 2.24) is 15.5 Å². The van der Waals surface area contributed by atoms with Crippen LogP contribution in [0.3, 0.4) is 0 Å². The molecule has 17 heteroatoms. The molecule has 0 radical (unpaired) electrons. The minimum Gasteiger partial charge on any atom is -0.478 e. The maximum absolute atomic E-state index is 15.2. The van der Waals surface area contributed by atoms with Gasteiger partial charge in [0.05, 0.1) is 23.6 Å². The number of nitrogens with one attached hydrogen (secondary N) is 2. The number of hydrogen-bond donors (Lipinski definition) is 4. The number of nitrogens with zero attached hydrogens (tertiary/aromatic N) is 2. The summed E-state index contributed by atoms with van der Waals surface area (Å²) in [6.07, 6.45) is 14.6. The van der Waals surface area contributed by atoms with E-state index in [2.05, 4.69) is 15.4 Å². The van der Waals surface area contributed by atoms with Gasteiger partial charge in [-0.25, -0.2) is 9.59 Å². The zero-order chi connectivity index (χ0) is 48.3. The first-order valence-electron chi connectivity index (χ1n) is 23.9. The van der Waals surface area contributed by atoms with E-state index in [4.69, 9.17) is 5.73 Å². The Balaban J connectivity index is 1.43. The van der Waals surface area contributed by atoms with E-state index >= 15 is 4.79 Å². The number of amides is 4. The summed E-state index contributed by atoms with van der Waals surface area (Å²) in [5.41, 5.74) is 3.50. The molecule has 4 amide bonds. The Labute approximate surface area is 386 Å². The predicted molar refractivity (Wildman–Crippen MR) is 243 cm³/mol. The van der Waals surface area contributed by atoms with Crippen LogP contribution in [0.5, 0.6) is 0 Å². The number of ether oxygens (including phenoxy) is 1. The molecule has 1 aliphatic heterocycles. The van der Waals surface area contributed by atoms with E-state index in [-0.39, 0.29) is 60.3 Å². The fourth-order valence-electron chi connectivity index (χ4n) is 10.9. The largest absolute Gasteiger partial charge is 0.478 e. The molecule has 3 unspecified atom stereocenters. The third kappa shape index (κ3) is 13.1. The molecule has 0 bridgehead atoms. The lowest BCUT2D eigenvalue weighted by Crippen LogP contribution is -2.59. The second-order valence-electron chi connectivity index (χ2n) is 20.0. The number of carbonyl (C=O) groups excluding carboxylic acids is 7. The number of carboxylic acid groups (broad SMARTS) is 1. The summed E-state index contributed by atoms with van der Waals surface area (Å²) in [5, 5.41) is 27.2. The van der Waals surface area contributed by atoms with Gasteiger partial charge in [0, 0.05) is 54.5 Å². The van der Waals surface area contributed by atoms with Gasteiger partial charge >= 0.3 is 11.9 Å². The monoisotopic (exact) mass is 919 g/mol. The van der Waals surface area contributed by atoms with Gasteiger partial charge in [0.15, 0.2) is 11.6 Å². The van der Waals surface area contributed by atoms with Gasteiger partial charge in [-0.15, -0.1) is 0 Å². The van der Waals surface area contributed by atoms with Crippen LogP contribution >= 0.6 is 0 Å². The Bertz CT molecular complexity index is 2020. The SMILES string of the molecule is COC(=O)/C=C/CC[C@H](CC(=O)c1ccc([N+](=O)[O-])cc1C(=O)O)C(=O)N[C@H](C(=O)N1C2CCCCC2C[C@H]1C(=O)CC(C(=O)N[C@H](C(N)=O)C1CCCCC1)C1CCCCC1)C(C)(C)C. The second-order valence-corrected chi connectivity index (χ2v) is 20.0. The second kappa shape index (κ2) is 23.3. The van der Waals surface area contributed by atoms with Crippen molar-refractivity contribution in [1.29, 1.82) is 0 Å². The number of nitro benzene ring substituents is 1. The number of benzene rings is 1. The van der Waals surface area contributed by atoms with Gasteiger partial charge in [0.2, 0.25) is 23.6 Å². The highest BCUT2D eigenvalue weighted by atomic mass is 16.6. The third-order valence-corrected chi connectivity index (χ3v) is 14.5. The fraction of sp³-hybridized carbons (Fsp3) is 0.673. The maximum atomic E-state index is 15.2. The van der Waals surface area contributed by atoms with E-state index < -0.39 is 93.4 Å². The minimum absolute atomic E-state index is 0.0109. The van der Waals surface area contributed by atoms with E-state index in [1.165, 1.54) is 13.2 Å². The number of carboxylic acids is 1. The Morgan fingerprint density at radius 3 is 2.08 bits per heavy atom. The molecule has 362 valence electrons. The van der Waals surface area contributed by atoms with E-state index in [0.29, 0.717) is 12.8 Å². The van der Waals surface area contributed by atoms with Gasteiger partial charge in [0.25, 0.3) is 5.69 Å². The Morgan fingerprint density at radius 2 is 1.48 bits per heavy atom. The third-order valence-electron chi connectivity index (χ3n) is 14.5. The molecular formula is C49H69N5O12. The van der Waals surface area contributed by atoms with Crippen LogP contribution in [0.4, 0.5) is 5.69 Å². The molecule has 66 heavy (non-hydrogen) atoms. The number of non-ortho nitro benzene ring substituents is 1. The minimum atomic E-state index is -1.57. The van der Waals surface area contributed by atoms with Crippen molar-refractivity contribution < 1.29 is 53.1 Å². The van der Waals surface area contributed by atoms with Crippen molar-refractivity contribution in [2.75, 3.05) is 7.11 Å². The van der Waals surface area contributed by atoms with Gasteiger partial charge in [0.1, 0.15) is 12.1 Å². The van der Waals surface area contributed by atoms with Crippen LogP contribution in [0.25, 0.3) is 0 Å². The molecule has 7 atom stereocenters. The van der Waals surface area contributed by atoms with Gasteiger partial charge in [-0.1, -0.05) is 78.2 Å². The van der Waals surface area contributed by atoms with Crippen LogP contribution in [0, 0.1) is 45.1 Å². The smallest absolute Gasteiger partial charge is 0.336 e. The van der Waals surface area contributed by atoms with Crippen LogP contribution in [-0.4, -0.2) is 93.3 Å². The highest BCUT2D eigenvalue weighted by molar-refractivity contribution is 6.07. The number of rotatable bonds is 20. The summed E-state index contributed by atoms with van der Waals surface area (Å²) in [5.74, 6) is -7.33. The number of ketones is 2. The van der Waals surface area contributed by atoms with E-state index in [1.807, 2.05) is 0 Å². The number of esters is 1. The predicted octanol–water partition coefficient (Wildman–Crippen LogP) is 6.39. The first-order valence-corrected chi connectivity index (χ1v) is 23.9. The first-order chi connectivity index (χ1) is 31.3. The average Bonchev–Trinajstić information content (AvgIpc) is 3.69. The molecule has 4 aliphatic rings. The van der Waals surface area contributed by atoms with Gasteiger partial charge in [-0.2, -0.15) is 0 Å². The maximum Gasteiger partial charge on any atom is 0.336 e. The standard InChI is InChI=1S/C49H69N5O12/c1-49(2,3)43(52-45(59)32(20-12-14-22-41(57)66-4)26-39(55)34-24-23-33(54(64)65)27-36(34)48(62)63)47(61)53-37-21-13-11-19-31(37)25-38(53)40(56)28-35(29-15-7-5-8-16-29)46(60)51-42(44(50)58)30-17-9-6-10-18-30/h14,22-24,27,29-32,35,37-38,42-43H,5-13,15-21,25-26,28H2,1-4H3,(H2,50,58)(H,51,60)(H,52,59)(H,62,63)/b22-14+/t31?,32-,35?,37?,38+,42+,43-/m1/s1. The summed E-state index contributed by atoms with van der Waals surface area (Å²) in [7, 11) is 1.20. The quantitative estimate of drug-likeness (QED) is 0.0365. The number of methoxy groups -OCH3 is 1. The molecule has 1 aromatic carbocycles. The lowest BCUT2D eigenvalue weighted by atomic mass is 9.76. The van der Waals surface area contributed by atoms with Gasteiger partial charge in [-0.05, 0) is 87.0 Å². The average molecular weight is 920 g/mol.